The van der Waals surface area contributed by atoms with Gasteiger partial charge in [-0.3, -0.25) is 76.7 Å². The number of aliphatic carboxylic acids is 1. The number of hydrogen-bond acceptors (Lipinski definition) is 20. The Morgan fingerprint density at radius 3 is 0.870 bits per heavy atom. The van der Waals surface area contributed by atoms with Crippen LogP contribution < -0.4 is 104 Å². The monoisotopic (exact) mass is 1540 g/mol. The number of primary amides is 2. The summed E-state index contributed by atoms with van der Waals surface area (Å²) < 4.78 is 0. The average Bonchev–Trinajstić information content (AvgIpc) is 0.864. The Morgan fingerprint density at radius 1 is 0.306 bits per heavy atom. The molecule has 0 saturated carbocycles. The van der Waals surface area contributed by atoms with E-state index >= 15 is 0 Å². The smallest absolute Gasteiger partial charge is 0.300 e. The molecule has 15 amide bonds. The molecule has 0 aliphatic rings. The molecule has 16 atom stereocenters. The highest BCUT2D eigenvalue weighted by Gasteiger charge is 2.38. The van der Waals surface area contributed by atoms with Crippen LogP contribution in [0.1, 0.15) is 220 Å². The third-order valence-electron chi connectivity index (χ3n) is 17.5. The Morgan fingerprint density at radius 2 is 0.546 bits per heavy atom. The molecular weight excluding hydrogens is 1400 g/mol. The quantitative estimate of drug-likeness (QED) is 0.0288. The fourth-order valence-electron chi connectivity index (χ4n) is 10.8. The van der Waals surface area contributed by atoms with Gasteiger partial charge in [0.15, 0.2) is 0 Å². The van der Waals surface area contributed by atoms with Crippen LogP contribution >= 0.6 is 0 Å². The second-order valence-electron chi connectivity index (χ2n) is 29.7. The second-order valence-corrected chi connectivity index (χ2v) is 29.7. The largest absolute Gasteiger partial charge is 0.481 e. The Labute approximate surface area is 637 Å². The molecule has 26 N–H and O–H groups in total. The molecule has 36 nitrogen and oxygen atoms in total. The maximum absolute atomic E-state index is 14.2. The minimum atomic E-state index is -1.48. The predicted octanol–water partition coefficient (Wildman–Crippen LogP) is -2.19. The molecule has 0 fully saturated rings. The van der Waals surface area contributed by atoms with Crippen molar-refractivity contribution in [2.24, 2.45) is 69.9 Å². The van der Waals surface area contributed by atoms with Gasteiger partial charge < -0.3 is 109 Å². The molecule has 0 aliphatic heterocycles. The molecule has 0 heterocycles. The van der Waals surface area contributed by atoms with Crippen LogP contribution in [0.15, 0.2) is 0 Å². The van der Waals surface area contributed by atoms with Crippen molar-refractivity contribution in [2.45, 2.75) is 305 Å². The number of nitrogens with two attached hydrogens (primary N) is 6. The number of hydrogen-bond donors (Lipinski definition) is 20. The highest BCUT2D eigenvalue weighted by atomic mass is 16.4. The Bertz CT molecular complexity index is 2900. The number of carboxylic acid groups (broad SMARTS) is 1. The van der Waals surface area contributed by atoms with Crippen LogP contribution in [0.4, 0.5) is 0 Å². The second kappa shape index (κ2) is 54.0. The molecule has 36 heteroatoms. The number of rotatable bonds is 53. The van der Waals surface area contributed by atoms with Crippen LogP contribution in [0.5, 0.6) is 0 Å². The van der Waals surface area contributed by atoms with E-state index in [1.54, 1.807) is 48.5 Å². The van der Waals surface area contributed by atoms with Crippen LogP contribution in [-0.4, -0.2) is 204 Å². The fourth-order valence-corrected chi connectivity index (χ4v) is 10.8. The average molecular weight is 1540 g/mol. The molecule has 0 aromatic heterocycles. The lowest BCUT2D eigenvalue weighted by molar-refractivity contribution is -0.136. The molecule has 16 unspecified atom stereocenters. The van der Waals surface area contributed by atoms with Crippen LogP contribution in [0.3, 0.4) is 0 Å². The first-order chi connectivity index (χ1) is 50.3. The first-order valence-electron chi connectivity index (χ1n) is 37.9. The summed E-state index contributed by atoms with van der Waals surface area (Å²) in [6.07, 6.45) is 3.65. The van der Waals surface area contributed by atoms with Gasteiger partial charge in [-0.15, -0.1) is 0 Å². The molecule has 0 bridgehead atoms. The van der Waals surface area contributed by atoms with Crippen LogP contribution in [0.2, 0.25) is 0 Å². The third-order valence-corrected chi connectivity index (χ3v) is 17.5. The van der Waals surface area contributed by atoms with E-state index in [0.717, 1.165) is 6.92 Å². The zero-order valence-corrected chi connectivity index (χ0v) is 66.9. The molecule has 0 rings (SSSR count). The first kappa shape index (κ1) is 101. The zero-order chi connectivity index (χ0) is 83.4. The lowest BCUT2D eigenvalue weighted by Crippen LogP contribution is -2.61. The Kier molecular flexibility index (Phi) is 50.7. The van der Waals surface area contributed by atoms with Gasteiger partial charge >= 0.3 is 0 Å². The van der Waals surface area contributed by atoms with Gasteiger partial charge in [-0.1, -0.05) is 95.9 Å². The van der Waals surface area contributed by atoms with E-state index in [4.69, 9.17) is 44.3 Å². The molecule has 0 spiro atoms. The zero-order valence-electron chi connectivity index (χ0n) is 66.9. The van der Waals surface area contributed by atoms with Crippen molar-refractivity contribution in [1.82, 2.24) is 69.1 Å². The lowest BCUT2D eigenvalue weighted by atomic mass is 9.97. The van der Waals surface area contributed by atoms with E-state index in [2.05, 4.69) is 69.1 Å². The van der Waals surface area contributed by atoms with Crippen molar-refractivity contribution < 1.29 is 81.8 Å². The van der Waals surface area contributed by atoms with E-state index in [1.165, 1.54) is 27.7 Å². The van der Waals surface area contributed by atoms with Crippen molar-refractivity contribution in [3.05, 3.63) is 0 Å². The SMILES string of the molecule is CC(=O)O.CCC(C)C(N)C(=O)NC(CC(N)=O)C(=O)NC(CC(C)C)C(=O)NC(CCCCN)C(=O)NC(C)C(=O)NC(C(=O)NC(C)C(=O)NC(C)C(=O)NC(CC(C)C)C(=O)NC(C)C(=O)NC(CCCCN)C(=O)NC(CCCCN)C(=O)NC(CC(C)C)C(=O)NC(CC(C)C)C(N)=O)C(C)CC. The standard InChI is InChI=1S/C70H131N19O15.C2H4O2/c1-17-40(11)55(75)69(103)88-53(35-54(74)90)68(102)87-51(33-38(7)8)66(100)83-46(25-19-22-28-71)62(96)78-45(16)61(95)89-56(41(12)18-2)70(104)80-42(13)58(92)77-43(14)60(94)85-50(32-37(5)6)65(99)79-44(15)59(93)81-47(26-20-23-29-72)63(97)82-48(27-21-24-30-73)64(98)86-52(34-39(9)10)67(101)84-49(57(76)91)31-36(3)4;1-2(3)4/h36-53,55-56H,17-35,71-73,75H2,1-16H3,(H2,74,90)(H2,76,91)(H,77,92)(H,78,96)(H,79,99)(H,80,104)(H,81,93)(H,82,97)(H,83,100)(H,84,101)(H,85,94)(H,86,98)(H,87,102)(H,88,103)(H,89,95);1H3,(H,3,4). The normalized spacial score (nSPS) is 15.7. The number of carbonyl (C=O) groups excluding carboxylic acids is 15. The van der Waals surface area contributed by atoms with Gasteiger partial charge in [0.2, 0.25) is 88.6 Å². The van der Waals surface area contributed by atoms with Gasteiger partial charge in [-0.2, -0.15) is 0 Å². The highest BCUT2D eigenvalue weighted by molar-refractivity contribution is 6.00. The molecule has 0 radical (unpaired) electrons. The summed E-state index contributed by atoms with van der Waals surface area (Å²) in [5.41, 5.74) is 34.4. The van der Waals surface area contributed by atoms with E-state index in [1.807, 2.05) is 34.6 Å². The van der Waals surface area contributed by atoms with E-state index in [0.29, 0.717) is 57.9 Å². The van der Waals surface area contributed by atoms with Gasteiger partial charge in [-0.25, -0.2) is 0 Å². The summed E-state index contributed by atoms with van der Waals surface area (Å²) in [7, 11) is 0. The summed E-state index contributed by atoms with van der Waals surface area (Å²) in [5, 5.41) is 41.5. The van der Waals surface area contributed by atoms with Crippen LogP contribution in [0.25, 0.3) is 0 Å². The first-order valence-corrected chi connectivity index (χ1v) is 37.9. The van der Waals surface area contributed by atoms with Crippen molar-refractivity contribution in [3.63, 3.8) is 0 Å². The maximum Gasteiger partial charge on any atom is 0.300 e. The number of carbonyl (C=O) groups is 16. The van der Waals surface area contributed by atoms with Crippen molar-refractivity contribution in [1.29, 1.82) is 0 Å². The highest BCUT2D eigenvalue weighted by Crippen LogP contribution is 2.16. The van der Waals surface area contributed by atoms with E-state index < -0.39 is 192 Å². The van der Waals surface area contributed by atoms with Crippen LogP contribution in [-0.2, 0) is 76.7 Å². The summed E-state index contributed by atoms with van der Waals surface area (Å²) >= 11 is 0. The van der Waals surface area contributed by atoms with Gasteiger partial charge in [0.25, 0.3) is 5.97 Å². The van der Waals surface area contributed by atoms with Crippen molar-refractivity contribution in [3.8, 4) is 0 Å². The lowest BCUT2D eigenvalue weighted by Gasteiger charge is -2.28. The number of unbranched alkanes of at least 4 members (excludes halogenated alkanes) is 3. The summed E-state index contributed by atoms with van der Waals surface area (Å²) in [6.45, 7) is 28.9. The molecule has 0 aromatic carbocycles. The summed E-state index contributed by atoms with van der Waals surface area (Å²) in [5.74, 6) is -13.8. The molecule has 108 heavy (non-hydrogen) atoms. The topological polar surface area (TPSA) is 606 Å². The van der Waals surface area contributed by atoms with Crippen molar-refractivity contribution in [2.75, 3.05) is 19.6 Å². The Hall–Kier alpha value is -8.64. The third kappa shape index (κ3) is 42.2. The van der Waals surface area contributed by atoms with Crippen molar-refractivity contribution >= 4 is 94.6 Å². The van der Waals surface area contributed by atoms with E-state index in [-0.39, 0.29) is 87.6 Å². The minimum Gasteiger partial charge on any atom is -0.481 e. The fraction of sp³-hybridized carbons (Fsp3) is 0.778. The van der Waals surface area contributed by atoms with Crippen LogP contribution in [0, 0.1) is 35.5 Å². The number of carboxylic acids is 1. The van der Waals surface area contributed by atoms with Gasteiger partial charge in [-0.05, 0) is 166 Å². The molecular formula is C72H135N19O17. The summed E-state index contributed by atoms with van der Waals surface area (Å²) in [4.78, 5) is 213. The summed E-state index contributed by atoms with van der Waals surface area (Å²) in [6, 6.07) is -17.3. The van der Waals surface area contributed by atoms with Gasteiger partial charge in [0.05, 0.1) is 12.5 Å². The minimum absolute atomic E-state index is 0.00864. The Balaban J connectivity index is 0. The maximum atomic E-state index is 14.2. The molecule has 0 aromatic rings. The number of amides is 15. The number of nitrogens with one attached hydrogen (secondary N) is 13. The van der Waals surface area contributed by atoms with E-state index in [9.17, 15) is 71.9 Å². The molecule has 620 valence electrons. The molecule has 0 saturated heterocycles. The predicted molar refractivity (Wildman–Crippen MR) is 408 cm³/mol. The van der Waals surface area contributed by atoms with Gasteiger partial charge in [0.1, 0.15) is 78.5 Å². The molecule has 0 aliphatic carbocycles. The van der Waals surface area contributed by atoms with Gasteiger partial charge in [0, 0.05) is 6.92 Å².